The Hall–Kier alpha value is -3.02. The van der Waals surface area contributed by atoms with Crippen molar-refractivity contribution in [2.24, 2.45) is 0 Å². The van der Waals surface area contributed by atoms with Crippen LogP contribution in [0.15, 0.2) is 52.5 Å². The highest BCUT2D eigenvalue weighted by atomic mass is 32.2. The molecule has 0 radical (unpaired) electrons. The molecule has 0 saturated carbocycles. The Bertz CT molecular complexity index is 1430. The number of thioether (sulfide) groups is 1. The molecule has 0 aliphatic heterocycles. The van der Waals surface area contributed by atoms with Gasteiger partial charge in [-0.15, -0.1) is 10.2 Å². The Morgan fingerprint density at radius 2 is 1.94 bits per heavy atom. The molecule has 4 rings (SSSR count). The lowest BCUT2D eigenvalue weighted by Crippen LogP contribution is -2.20. The van der Waals surface area contributed by atoms with E-state index in [9.17, 15) is 13.2 Å². The van der Waals surface area contributed by atoms with Gasteiger partial charge >= 0.3 is 0 Å². The number of carbonyl (C=O) groups is 1. The molecule has 0 aliphatic rings. The van der Waals surface area contributed by atoms with Gasteiger partial charge in [0.25, 0.3) is 0 Å². The van der Waals surface area contributed by atoms with E-state index >= 15 is 0 Å². The molecule has 9 nitrogen and oxygen atoms in total. The highest BCUT2D eigenvalue weighted by Gasteiger charge is 2.17. The van der Waals surface area contributed by atoms with E-state index in [1.54, 1.807) is 19.1 Å². The number of aromatic nitrogens is 4. The van der Waals surface area contributed by atoms with Crippen LogP contribution in [0.3, 0.4) is 0 Å². The van der Waals surface area contributed by atoms with Gasteiger partial charge in [-0.2, -0.15) is 0 Å². The van der Waals surface area contributed by atoms with Crippen molar-refractivity contribution < 1.29 is 13.2 Å². The van der Waals surface area contributed by atoms with Crippen molar-refractivity contribution in [3.63, 3.8) is 0 Å². The van der Waals surface area contributed by atoms with E-state index < -0.39 is 10.0 Å². The zero-order valence-corrected chi connectivity index (χ0v) is 19.4. The number of rotatable bonds is 7. The Labute approximate surface area is 189 Å². The normalized spacial score (nSPS) is 11.8. The third kappa shape index (κ3) is 4.18. The second-order valence-electron chi connectivity index (χ2n) is 7.05. The van der Waals surface area contributed by atoms with E-state index in [1.807, 2.05) is 31.2 Å². The first-order chi connectivity index (χ1) is 15.3. The van der Waals surface area contributed by atoms with E-state index in [4.69, 9.17) is 0 Å². The van der Waals surface area contributed by atoms with Crippen LogP contribution in [-0.4, -0.2) is 46.9 Å². The van der Waals surface area contributed by atoms with Crippen molar-refractivity contribution in [3.05, 3.63) is 48.0 Å². The summed E-state index contributed by atoms with van der Waals surface area (Å²) in [5.74, 6) is -0.243. The largest absolute Gasteiger partial charge is 0.325 e. The zero-order valence-electron chi connectivity index (χ0n) is 17.8. The number of nitrogens with zero attached hydrogens (tertiary/aromatic N) is 4. The van der Waals surface area contributed by atoms with Gasteiger partial charge in [0.05, 0.1) is 16.2 Å². The number of aryl methyl sites for hydroxylation is 2. The minimum Gasteiger partial charge on any atom is -0.325 e. The second kappa shape index (κ2) is 8.85. The average molecular weight is 471 g/mol. The first-order valence-corrected chi connectivity index (χ1v) is 12.4. The molecule has 0 spiro atoms. The highest BCUT2D eigenvalue weighted by molar-refractivity contribution is 7.99. The monoisotopic (exact) mass is 470 g/mol. The molecule has 11 heteroatoms. The Morgan fingerprint density at radius 3 is 2.69 bits per heavy atom. The van der Waals surface area contributed by atoms with Crippen LogP contribution in [0.1, 0.15) is 12.5 Å². The van der Waals surface area contributed by atoms with Gasteiger partial charge in [0.1, 0.15) is 5.52 Å². The third-order valence-electron chi connectivity index (χ3n) is 5.03. The Morgan fingerprint density at radius 1 is 1.16 bits per heavy atom. The fraction of sp³-hybridized carbons (Fsp3) is 0.238. The lowest BCUT2D eigenvalue weighted by Gasteiger charge is -2.10. The maximum Gasteiger partial charge on any atom is 0.240 e. The number of para-hydroxylation sites is 1. The van der Waals surface area contributed by atoms with E-state index in [2.05, 4.69) is 29.8 Å². The molecule has 0 saturated heterocycles. The summed E-state index contributed by atoms with van der Waals surface area (Å²) in [5, 5.41) is 12.6. The minimum atomic E-state index is -3.62. The molecule has 2 aromatic carbocycles. The van der Waals surface area contributed by atoms with E-state index in [-0.39, 0.29) is 16.6 Å². The summed E-state index contributed by atoms with van der Waals surface area (Å²) >= 11 is 1.17. The number of nitrogens with one attached hydrogen (secondary N) is 2. The van der Waals surface area contributed by atoms with Crippen molar-refractivity contribution in [2.45, 2.75) is 30.4 Å². The summed E-state index contributed by atoms with van der Waals surface area (Å²) in [6, 6.07) is 12.7. The zero-order chi connectivity index (χ0) is 22.9. The summed E-state index contributed by atoms with van der Waals surface area (Å²) in [6.45, 7) is 4.47. The fourth-order valence-corrected chi connectivity index (χ4v) is 5.05. The smallest absolute Gasteiger partial charge is 0.240 e. The molecule has 2 heterocycles. The minimum absolute atomic E-state index is 0.0571. The molecule has 0 unspecified atom stereocenters. The topological polar surface area (TPSA) is 119 Å². The molecule has 166 valence electrons. The number of hydrogen-bond donors (Lipinski definition) is 2. The summed E-state index contributed by atoms with van der Waals surface area (Å²) in [4.78, 5) is 17.2. The molecule has 0 fully saturated rings. The van der Waals surface area contributed by atoms with Crippen LogP contribution in [0.25, 0.3) is 22.1 Å². The first kappa shape index (κ1) is 22.2. The number of anilines is 1. The SMILES string of the molecule is CCn1c2ccccc2c2nnc(SCC(=O)Nc3ccc(C)c(S(=O)(=O)NC)c3)nc21. The van der Waals surface area contributed by atoms with Gasteiger partial charge < -0.3 is 9.88 Å². The number of amides is 1. The number of fused-ring (bicyclic) bond motifs is 3. The molecule has 0 bridgehead atoms. The predicted molar refractivity (Wildman–Crippen MR) is 125 cm³/mol. The maximum absolute atomic E-state index is 12.5. The summed E-state index contributed by atoms with van der Waals surface area (Å²) < 4.78 is 28.6. The second-order valence-corrected chi connectivity index (χ2v) is 9.85. The number of benzene rings is 2. The molecule has 4 aromatic rings. The van der Waals surface area contributed by atoms with Crippen LogP contribution in [0, 0.1) is 6.92 Å². The van der Waals surface area contributed by atoms with Crippen LogP contribution in [0.5, 0.6) is 0 Å². The standard InChI is InChI=1S/C21H22N6O3S2/c1-4-27-16-8-6-5-7-15(16)19-20(27)24-21(26-25-19)31-12-18(28)23-14-10-9-13(2)17(11-14)32(29,30)22-3/h5-11,22H,4,12H2,1-3H3,(H,23,28). The Balaban J connectivity index is 1.51. The number of hydrogen-bond acceptors (Lipinski definition) is 7. The van der Waals surface area contributed by atoms with Gasteiger partial charge in [-0.3, -0.25) is 4.79 Å². The van der Waals surface area contributed by atoms with Crippen LogP contribution in [0.2, 0.25) is 0 Å². The maximum atomic E-state index is 12.5. The Kier molecular flexibility index (Phi) is 6.13. The third-order valence-corrected chi connectivity index (χ3v) is 7.43. The number of sulfonamides is 1. The lowest BCUT2D eigenvalue weighted by atomic mass is 10.2. The van der Waals surface area contributed by atoms with Gasteiger partial charge in [-0.1, -0.05) is 36.0 Å². The molecule has 2 aromatic heterocycles. The number of carbonyl (C=O) groups excluding carboxylic acids is 1. The first-order valence-electron chi connectivity index (χ1n) is 9.92. The van der Waals surface area contributed by atoms with E-state index in [1.165, 1.54) is 24.9 Å². The van der Waals surface area contributed by atoms with Crippen LogP contribution in [-0.2, 0) is 21.4 Å². The van der Waals surface area contributed by atoms with Crippen LogP contribution < -0.4 is 10.0 Å². The molecule has 1 amide bonds. The molecule has 32 heavy (non-hydrogen) atoms. The molecular weight excluding hydrogens is 448 g/mol. The fourth-order valence-electron chi connectivity index (χ4n) is 3.47. The van der Waals surface area contributed by atoms with Crippen molar-refractivity contribution in [2.75, 3.05) is 18.1 Å². The molecule has 0 atom stereocenters. The van der Waals surface area contributed by atoms with Crippen molar-refractivity contribution in [1.82, 2.24) is 24.5 Å². The van der Waals surface area contributed by atoms with Gasteiger partial charge in [0, 0.05) is 17.6 Å². The van der Waals surface area contributed by atoms with Crippen molar-refractivity contribution in [3.8, 4) is 0 Å². The van der Waals surface area contributed by atoms with Crippen molar-refractivity contribution in [1.29, 1.82) is 0 Å². The van der Waals surface area contributed by atoms with Gasteiger partial charge in [0.2, 0.25) is 21.1 Å². The average Bonchev–Trinajstić information content (AvgIpc) is 3.11. The van der Waals surface area contributed by atoms with E-state index in [0.717, 1.165) is 28.6 Å². The van der Waals surface area contributed by atoms with Gasteiger partial charge in [-0.25, -0.2) is 18.1 Å². The predicted octanol–water partition coefficient (Wildman–Crippen LogP) is 2.95. The van der Waals surface area contributed by atoms with Gasteiger partial charge in [0.15, 0.2) is 5.65 Å². The quantitative estimate of drug-likeness (QED) is 0.399. The molecule has 0 aliphatic carbocycles. The summed E-state index contributed by atoms with van der Waals surface area (Å²) in [6.07, 6.45) is 0. The van der Waals surface area contributed by atoms with Crippen LogP contribution >= 0.6 is 11.8 Å². The molecular formula is C21H22N6O3S2. The summed E-state index contributed by atoms with van der Waals surface area (Å²) in [7, 11) is -2.27. The molecule has 2 N–H and O–H groups in total. The van der Waals surface area contributed by atoms with Gasteiger partial charge in [-0.05, 0) is 44.7 Å². The van der Waals surface area contributed by atoms with Crippen LogP contribution in [0.4, 0.5) is 5.69 Å². The highest BCUT2D eigenvalue weighted by Crippen LogP contribution is 2.27. The van der Waals surface area contributed by atoms with Crippen molar-refractivity contribution >= 4 is 55.4 Å². The van der Waals surface area contributed by atoms with E-state index in [0.29, 0.717) is 16.4 Å². The lowest BCUT2D eigenvalue weighted by molar-refractivity contribution is -0.113. The summed E-state index contributed by atoms with van der Waals surface area (Å²) in [5.41, 5.74) is 3.49.